The molecule has 0 heterocycles. The number of amides is 2. The van der Waals surface area contributed by atoms with Crippen LogP contribution in [0.5, 0.6) is 0 Å². The van der Waals surface area contributed by atoms with Crippen molar-refractivity contribution in [2.75, 3.05) is 6.54 Å². The number of nitrogens with one attached hydrogen (secondary N) is 3. The Kier molecular flexibility index (Phi) is 7.64. The summed E-state index contributed by atoms with van der Waals surface area (Å²) in [7, 11) is -3.71. The Hall–Kier alpha value is -2.49. The first kappa shape index (κ1) is 23.2. The van der Waals surface area contributed by atoms with Gasteiger partial charge in [-0.15, -0.1) is 0 Å². The Morgan fingerprint density at radius 3 is 2.16 bits per heavy atom. The number of halogens is 2. The molecule has 2 amide bonds. The normalized spacial score (nSPS) is 18.9. The summed E-state index contributed by atoms with van der Waals surface area (Å²) in [5.41, 5.74) is 5.22. The van der Waals surface area contributed by atoms with Crippen LogP contribution in [0.3, 0.4) is 0 Å². The van der Waals surface area contributed by atoms with Crippen molar-refractivity contribution in [3.8, 4) is 0 Å². The maximum Gasteiger partial charge on any atom is 0.269 e. The highest BCUT2D eigenvalue weighted by atomic mass is 35.5. The summed E-state index contributed by atoms with van der Waals surface area (Å²) in [6.07, 6.45) is 2.53. The van der Waals surface area contributed by atoms with Gasteiger partial charge in [0.1, 0.15) is 5.82 Å². The highest BCUT2D eigenvalue weighted by Gasteiger charge is 2.27. The minimum Gasteiger partial charge on any atom is -0.273 e. The van der Waals surface area contributed by atoms with Gasteiger partial charge in [-0.3, -0.25) is 20.4 Å². The number of benzene rings is 2. The summed E-state index contributed by atoms with van der Waals surface area (Å²) >= 11 is 5.79. The maximum absolute atomic E-state index is 13.0. The first-order valence-corrected chi connectivity index (χ1v) is 11.7. The zero-order valence-electron chi connectivity index (χ0n) is 16.6. The molecule has 7 nitrogen and oxygen atoms in total. The highest BCUT2D eigenvalue weighted by molar-refractivity contribution is 7.89. The van der Waals surface area contributed by atoms with E-state index >= 15 is 0 Å². The lowest BCUT2D eigenvalue weighted by molar-refractivity contribution is -0.127. The van der Waals surface area contributed by atoms with Gasteiger partial charge in [0, 0.05) is 23.0 Å². The summed E-state index contributed by atoms with van der Waals surface area (Å²) in [6.45, 7) is 0.251. The van der Waals surface area contributed by atoms with Crippen LogP contribution in [0.4, 0.5) is 4.39 Å². The van der Waals surface area contributed by atoms with Gasteiger partial charge >= 0.3 is 0 Å². The number of hydrogen-bond donors (Lipinski definition) is 3. The predicted molar refractivity (Wildman–Crippen MR) is 114 cm³/mol. The van der Waals surface area contributed by atoms with E-state index in [9.17, 15) is 22.4 Å². The van der Waals surface area contributed by atoms with E-state index in [1.54, 1.807) is 24.3 Å². The third-order valence-corrected chi connectivity index (χ3v) is 7.00. The monoisotopic (exact) mass is 467 g/mol. The molecule has 2 aromatic rings. The Morgan fingerprint density at radius 1 is 0.935 bits per heavy atom. The van der Waals surface area contributed by atoms with E-state index in [1.807, 2.05) is 0 Å². The molecule has 0 saturated heterocycles. The summed E-state index contributed by atoms with van der Waals surface area (Å²) in [4.78, 5) is 24.4. The number of sulfonamides is 1. The number of carbonyl (C=O) groups excluding carboxylic acids is 2. The zero-order chi connectivity index (χ0) is 22.4. The average molecular weight is 468 g/mol. The summed E-state index contributed by atoms with van der Waals surface area (Å²) in [5.74, 6) is -1.36. The Bertz CT molecular complexity index is 1020. The minimum absolute atomic E-state index is 0.0124. The van der Waals surface area contributed by atoms with Crippen molar-refractivity contribution < 1.29 is 22.4 Å². The molecule has 1 saturated carbocycles. The van der Waals surface area contributed by atoms with Crippen LogP contribution in [-0.4, -0.2) is 26.8 Å². The number of hydrazine groups is 1. The molecule has 31 heavy (non-hydrogen) atoms. The second kappa shape index (κ2) is 10.2. The van der Waals surface area contributed by atoms with Crippen LogP contribution < -0.4 is 15.6 Å². The zero-order valence-corrected chi connectivity index (χ0v) is 18.2. The molecule has 1 aliphatic carbocycles. The van der Waals surface area contributed by atoms with Gasteiger partial charge in [0.2, 0.25) is 15.9 Å². The van der Waals surface area contributed by atoms with Gasteiger partial charge in [0.05, 0.1) is 4.90 Å². The van der Waals surface area contributed by atoms with Crippen molar-refractivity contribution in [2.45, 2.75) is 30.6 Å². The molecule has 166 valence electrons. The standard InChI is InChI=1S/C21H23ClFN3O4S/c22-17-7-5-16(6-8-17)21(28)26-25-20(27)15-3-1-14(2-4-15)13-24-31(29,30)19-11-9-18(23)10-12-19/h5-12,14-15,24H,1-4,13H2,(H,25,27)(H,26,28). The molecule has 10 heteroatoms. The first-order valence-electron chi connectivity index (χ1n) is 9.85. The Morgan fingerprint density at radius 2 is 1.55 bits per heavy atom. The molecule has 0 bridgehead atoms. The minimum atomic E-state index is -3.71. The fourth-order valence-electron chi connectivity index (χ4n) is 3.45. The van der Waals surface area contributed by atoms with E-state index in [-0.39, 0.29) is 29.2 Å². The van der Waals surface area contributed by atoms with Gasteiger partial charge < -0.3 is 0 Å². The molecule has 1 aliphatic rings. The van der Waals surface area contributed by atoms with E-state index in [1.165, 1.54) is 12.1 Å². The van der Waals surface area contributed by atoms with Crippen LogP contribution in [0.25, 0.3) is 0 Å². The number of rotatable bonds is 6. The fourth-order valence-corrected chi connectivity index (χ4v) is 4.69. The molecule has 0 aromatic heterocycles. The van der Waals surface area contributed by atoms with Crippen molar-refractivity contribution in [3.05, 3.63) is 64.9 Å². The molecule has 0 aliphatic heterocycles. The Balaban J connectivity index is 1.41. The highest BCUT2D eigenvalue weighted by Crippen LogP contribution is 2.28. The van der Waals surface area contributed by atoms with Crippen molar-refractivity contribution >= 4 is 33.4 Å². The lowest BCUT2D eigenvalue weighted by Gasteiger charge is -2.27. The topological polar surface area (TPSA) is 104 Å². The summed E-state index contributed by atoms with van der Waals surface area (Å²) in [5, 5.41) is 0.511. The SMILES string of the molecule is O=C(NNC(=O)C1CCC(CNS(=O)(=O)c2ccc(F)cc2)CC1)c1ccc(Cl)cc1. The smallest absolute Gasteiger partial charge is 0.269 e. The molecule has 2 aromatic carbocycles. The van der Waals surface area contributed by atoms with E-state index in [0.29, 0.717) is 36.3 Å². The first-order chi connectivity index (χ1) is 14.7. The molecule has 1 fully saturated rings. The molecule has 0 spiro atoms. The van der Waals surface area contributed by atoms with Crippen molar-refractivity contribution in [2.24, 2.45) is 11.8 Å². The molecule has 3 N–H and O–H groups in total. The van der Waals surface area contributed by atoms with Gasteiger partial charge in [-0.05, 0) is 80.1 Å². The van der Waals surface area contributed by atoms with E-state index in [0.717, 1.165) is 12.1 Å². The maximum atomic E-state index is 13.0. The molecular weight excluding hydrogens is 445 g/mol. The number of carbonyl (C=O) groups is 2. The predicted octanol–water partition coefficient (Wildman–Crippen LogP) is 3.03. The lowest BCUT2D eigenvalue weighted by atomic mass is 9.82. The Labute approximate surface area is 185 Å². The van der Waals surface area contributed by atoms with Gasteiger partial charge in [0.15, 0.2) is 0 Å². The van der Waals surface area contributed by atoms with Crippen LogP contribution in [-0.2, 0) is 14.8 Å². The van der Waals surface area contributed by atoms with E-state index in [4.69, 9.17) is 11.6 Å². The third-order valence-electron chi connectivity index (χ3n) is 5.31. The quantitative estimate of drug-likeness (QED) is 0.568. The average Bonchev–Trinajstić information content (AvgIpc) is 2.77. The fraction of sp³-hybridized carbons (Fsp3) is 0.333. The van der Waals surface area contributed by atoms with Crippen molar-refractivity contribution in [1.29, 1.82) is 0 Å². The molecule has 0 radical (unpaired) electrons. The lowest BCUT2D eigenvalue weighted by Crippen LogP contribution is -2.45. The van der Waals surface area contributed by atoms with Gasteiger partial charge in [-0.25, -0.2) is 17.5 Å². The van der Waals surface area contributed by atoms with Gasteiger partial charge in [0.25, 0.3) is 5.91 Å². The van der Waals surface area contributed by atoms with Crippen molar-refractivity contribution in [1.82, 2.24) is 15.6 Å². The largest absolute Gasteiger partial charge is 0.273 e. The van der Waals surface area contributed by atoms with Crippen LogP contribution in [0.2, 0.25) is 5.02 Å². The van der Waals surface area contributed by atoms with Crippen LogP contribution in [0.15, 0.2) is 53.4 Å². The molecule has 3 rings (SSSR count). The second-order valence-electron chi connectivity index (χ2n) is 7.47. The number of hydrogen-bond acceptors (Lipinski definition) is 4. The van der Waals surface area contributed by atoms with Crippen LogP contribution >= 0.6 is 11.6 Å². The van der Waals surface area contributed by atoms with Gasteiger partial charge in [-0.1, -0.05) is 11.6 Å². The molecule has 0 unspecified atom stereocenters. The summed E-state index contributed by atoms with van der Waals surface area (Å²) in [6, 6.07) is 10.9. The van der Waals surface area contributed by atoms with E-state index in [2.05, 4.69) is 15.6 Å². The van der Waals surface area contributed by atoms with Gasteiger partial charge in [-0.2, -0.15) is 0 Å². The van der Waals surface area contributed by atoms with Crippen LogP contribution in [0.1, 0.15) is 36.0 Å². The van der Waals surface area contributed by atoms with E-state index < -0.39 is 21.7 Å². The third kappa shape index (κ3) is 6.49. The summed E-state index contributed by atoms with van der Waals surface area (Å²) < 4.78 is 40.1. The van der Waals surface area contributed by atoms with Crippen molar-refractivity contribution in [3.63, 3.8) is 0 Å². The molecule has 0 atom stereocenters. The van der Waals surface area contributed by atoms with Crippen LogP contribution in [0, 0.1) is 17.7 Å². The second-order valence-corrected chi connectivity index (χ2v) is 9.68. The molecular formula is C21H23ClFN3O4S.